The van der Waals surface area contributed by atoms with Crippen LogP contribution in [0, 0.1) is 11.3 Å². The molecule has 3 heteroatoms. The second kappa shape index (κ2) is 5.16. The molecule has 0 aliphatic carbocycles. The molecule has 0 bridgehead atoms. The van der Waals surface area contributed by atoms with Crippen LogP contribution >= 0.6 is 0 Å². The summed E-state index contributed by atoms with van der Waals surface area (Å²) < 4.78 is 4.59. The standard InChI is InChI=1S/C12H13NO2/c1-9(7-8-13)10-3-5-11(6-4-10)12(14)15-2/h3-6,9H,7H2,1-2H3. The van der Waals surface area contributed by atoms with E-state index in [9.17, 15) is 4.79 Å². The van der Waals surface area contributed by atoms with Crippen molar-refractivity contribution in [3.05, 3.63) is 35.4 Å². The number of carbonyl (C=O) groups excluding carboxylic acids is 1. The third-order valence-electron chi connectivity index (χ3n) is 2.30. The monoisotopic (exact) mass is 203 g/mol. The van der Waals surface area contributed by atoms with Crippen molar-refractivity contribution >= 4 is 5.97 Å². The van der Waals surface area contributed by atoms with Crippen LogP contribution in [0.2, 0.25) is 0 Å². The molecule has 78 valence electrons. The van der Waals surface area contributed by atoms with Crippen molar-refractivity contribution in [1.29, 1.82) is 5.26 Å². The van der Waals surface area contributed by atoms with Crippen LogP contribution in [-0.2, 0) is 4.74 Å². The van der Waals surface area contributed by atoms with Crippen molar-refractivity contribution in [2.45, 2.75) is 19.3 Å². The molecule has 0 N–H and O–H groups in total. The minimum atomic E-state index is -0.338. The Morgan fingerprint density at radius 3 is 2.53 bits per heavy atom. The highest BCUT2D eigenvalue weighted by molar-refractivity contribution is 5.89. The highest BCUT2D eigenvalue weighted by Crippen LogP contribution is 2.18. The second-order valence-corrected chi connectivity index (χ2v) is 3.38. The highest BCUT2D eigenvalue weighted by Gasteiger charge is 2.07. The van der Waals surface area contributed by atoms with Crippen LogP contribution in [0.5, 0.6) is 0 Å². The van der Waals surface area contributed by atoms with E-state index in [0.717, 1.165) is 5.56 Å². The third kappa shape index (κ3) is 2.81. The maximum atomic E-state index is 11.1. The molecule has 0 fully saturated rings. The molecule has 0 saturated heterocycles. The summed E-state index contributed by atoms with van der Waals surface area (Å²) in [5, 5.41) is 8.55. The normalized spacial score (nSPS) is 11.5. The number of hydrogen-bond acceptors (Lipinski definition) is 3. The Kier molecular flexibility index (Phi) is 3.87. The molecule has 0 spiro atoms. The number of benzene rings is 1. The lowest BCUT2D eigenvalue weighted by Crippen LogP contribution is -2.01. The lowest BCUT2D eigenvalue weighted by Gasteiger charge is -2.07. The van der Waals surface area contributed by atoms with Gasteiger partial charge in [0, 0.05) is 6.42 Å². The Balaban J connectivity index is 2.81. The van der Waals surface area contributed by atoms with E-state index in [4.69, 9.17) is 5.26 Å². The lowest BCUT2D eigenvalue weighted by atomic mass is 9.97. The fourth-order valence-corrected chi connectivity index (χ4v) is 1.32. The summed E-state index contributed by atoms with van der Waals surface area (Å²) in [4.78, 5) is 11.1. The topological polar surface area (TPSA) is 50.1 Å². The molecular formula is C12H13NO2. The van der Waals surface area contributed by atoms with Gasteiger partial charge in [-0.3, -0.25) is 0 Å². The zero-order valence-corrected chi connectivity index (χ0v) is 8.86. The summed E-state index contributed by atoms with van der Waals surface area (Å²) in [7, 11) is 1.36. The first-order valence-electron chi connectivity index (χ1n) is 4.74. The summed E-state index contributed by atoms with van der Waals surface area (Å²) in [5.74, 6) is -0.142. The minimum absolute atomic E-state index is 0.196. The number of esters is 1. The summed E-state index contributed by atoms with van der Waals surface area (Å²) in [6.45, 7) is 1.98. The van der Waals surface area contributed by atoms with Gasteiger partial charge >= 0.3 is 5.97 Å². The molecule has 15 heavy (non-hydrogen) atoms. The highest BCUT2D eigenvalue weighted by atomic mass is 16.5. The van der Waals surface area contributed by atoms with E-state index >= 15 is 0 Å². The molecule has 1 aromatic rings. The van der Waals surface area contributed by atoms with Gasteiger partial charge in [-0.15, -0.1) is 0 Å². The van der Waals surface area contributed by atoms with Crippen LogP contribution in [0.3, 0.4) is 0 Å². The molecule has 1 atom stereocenters. The zero-order valence-electron chi connectivity index (χ0n) is 8.86. The van der Waals surface area contributed by atoms with Gasteiger partial charge in [0.25, 0.3) is 0 Å². The number of ether oxygens (including phenoxy) is 1. The molecule has 0 aliphatic heterocycles. The van der Waals surface area contributed by atoms with Gasteiger partial charge in [-0.2, -0.15) is 5.26 Å². The first kappa shape index (κ1) is 11.3. The minimum Gasteiger partial charge on any atom is -0.465 e. The molecule has 1 aromatic carbocycles. The van der Waals surface area contributed by atoms with Gasteiger partial charge in [0.2, 0.25) is 0 Å². The summed E-state index contributed by atoms with van der Waals surface area (Å²) in [5.41, 5.74) is 1.59. The van der Waals surface area contributed by atoms with Crippen molar-refractivity contribution in [3.8, 4) is 6.07 Å². The quantitative estimate of drug-likeness (QED) is 0.709. The first-order valence-corrected chi connectivity index (χ1v) is 4.74. The number of rotatable bonds is 3. The molecule has 0 aromatic heterocycles. The molecule has 0 aliphatic rings. The van der Waals surface area contributed by atoms with Crippen LogP contribution in [-0.4, -0.2) is 13.1 Å². The van der Waals surface area contributed by atoms with Crippen LogP contribution in [0.25, 0.3) is 0 Å². The van der Waals surface area contributed by atoms with Gasteiger partial charge in [0.05, 0.1) is 18.7 Å². The first-order chi connectivity index (χ1) is 7.19. The van der Waals surface area contributed by atoms with Gasteiger partial charge in [-0.05, 0) is 23.6 Å². The Hall–Kier alpha value is -1.82. The van der Waals surface area contributed by atoms with E-state index in [1.165, 1.54) is 7.11 Å². The van der Waals surface area contributed by atoms with Crippen molar-refractivity contribution in [1.82, 2.24) is 0 Å². The van der Waals surface area contributed by atoms with Crippen molar-refractivity contribution < 1.29 is 9.53 Å². The average Bonchev–Trinajstić information content (AvgIpc) is 2.28. The van der Waals surface area contributed by atoms with Gasteiger partial charge in [0.15, 0.2) is 0 Å². The number of carbonyl (C=O) groups is 1. The predicted octanol–water partition coefficient (Wildman–Crippen LogP) is 2.49. The van der Waals surface area contributed by atoms with Crippen molar-refractivity contribution in [2.24, 2.45) is 0 Å². The van der Waals surface area contributed by atoms with Crippen molar-refractivity contribution in [3.63, 3.8) is 0 Å². The van der Waals surface area contributed by atoms with Crippen LogP contribution in [0.15, 0.2) is 24.3 Å². The maximum Gasteiger partial charge on any atom is 0.337 e. The summed E-state index contributed by atoms with van der Waals surface area (Å²) >= 11 is 0. The largest absolute Gasteiger partial charge is 0.465 e. The predicted molar refractivity (Wildman–Crippen MR) is 56.4 cm³/mol. The fraction of sp³-hybridized carbons (Fsp3) is 0.333. The van der Waals surface area contributed by atoms with Crippen LogP contribution in [0.1, 0.15) is 35.2 Å². The van der Waals surface area contributed by atoms with Crippen LogP contribution < -0.4 is 0 Å². The lowest BCUT2D eigenvalue weighted by molar-refractivity contribution is 0.0600. The van der Waals surface area contributed by atoms with E-state index < -0.39 is 0 Å². The third-order valence-corrected chi connectivity index (χ3v) is 2.30. The van der Waals surface area contributed by atoms with Gasteiger partial charge in [-0.1, -0.05) is 19.1 Å². The Morgan fingerprint density at radius 1 is 1.47 bits per heavy atom. The molecule has 0 saturated carbocycles. The smallest absolute Gasteiger partial charge is 0.337 e. The number of nitrogens with zero attached hydrogens (tertiary/aromatic N) is 1. The van der Waals surface area contributed by atoms with E-state index in [1.54, 1.807) is 12.1 Å². The molecule has 0 amide bonds. The van der Waals surface area contributed by atoms with E-state index in [2.05, 4.69) is 10.8 Å². The number of methoxy groups -OCH3 is 1. The van der Waals surface area contributed by atoms with Gasteiger partial charge < -0.3 is 4.74 Å². The average molecular weight is 203 g/mol. The van der Waals surface area contributed by atoms with E-state index in [-0.39, 0.29) is 11.9 Å². The van der Waals surface area contributed by atoms with E-state index in [0.29, 0.717) is 12.0 Å². The van der Waals surface area contributed by atoms with E-state index in [1.807, 2.05) is 19.1 Å². The van der Waals surface area contributed by atoms with Gasteiger partial charge in [0.1, 0.15) is 0 Å². The molecule has 1 rings (SSSR count). The Bertz CT molecular complexity index is 376. The second-order valence-electron chi connectivity index (χ2n) is 3.38. The SMILES string of the molecule is COC(=O)c1ccc(C(C)CC#N)cc1. The molecular weight excluding hydrogens is 190 g/mol. The Labute approximate surface area is 89.3 Å². The molecule has 3 nitrogen and oxygen atoms in total. The van der Waals surface area contributed by atoms with Crippen molar-refractivity contribution in [2.75, 3.05) is 7.11 Å². The summed E-state index contributed by atoms with van der Waals surface area (Å²) in [6, 6.07) is 9.27. The molecule has 1 unspecified atom stereocenters. The molecule has 0 heterocycles. The fourth-order valence-electron chi connectivity index (χ4n) is 1.32. The molecule has 0 radical (unpaired) electrons. The number of hydrogen-bond donors (Lipinski definition) is 0. The number of nitriles is 1. The van der Waals surface area contributed by atoms with Crippen LogP contribution in [0.4, 0.5) is 0 Å². The Morgan fingerprint density at radius 2 is 2.07 bits per heavy atom. The zero-order chi connectivity index (χ0) is 11.3. The van der Waals surface area contributed by atoms with Gasteiger partial charge in [-0.25, -0.2) is 4.79 Å². The summed E-state index contributed by atoms with van der Waals surface area (Å²) in [6.07, 6.45) is 0.484. The maximum absolute atomic E-state index is 11.1.